The Morgan fingerprint density at radius 1 is 0.829 bits per heavy atom. The van der Waals surface area contributed by atoms with Crippen molar-refractivity contribution in [2.45, 2.75) is 32.6 Å². The van der Waals surface area contributed by atoms with Crippen LogP contribution in [0.3, 0.4) is 0 Å². The summed E-state index contributed by atoms with van der Waals surface area (Å²) < 4.78 is 12.2. The molecule has 4 N–H and O–H groups in total. The number of rotatable bonds is 2. The molecule has 0 atom stereocenters. The number of hydrogen-bond acceptors (Lipinski definition) is 5. The molecule has 1 aliphatic carbocycles. The SMILES string of the molecule is CC1CCC(C(=O)Nc2cc3cc(c2)Oc2ccc(cc2)C(N)=CC(=N)c2ccc(cc2)O3)CC1. The highest BCUT2D eigenvalue weighted by Crippen LogP contribution is 2.34. The minimum Gasteiger partial charge on any atom is -0.457 e. The second kappa shape index (κ2) is 9.66. The quantitative estimate of drug-likeness (QED) is 0.390. The zero-order chi connectivity index (χ0) is 24.4. The van der Waals surface area contributed by atoms with Crippen molar-refractivity contribution >= 4 is 23.0 Å². The van der Waals surface area contributed by atoms with Gasteiger partial charge in [0.1, 0.15) is 23.0 Å². The third kappa shape index (κ3) is 5.38. The molecule has 8 rings (SSSR count). The normalized spacial score (nSPS) is 19.5. The lowest BCUT2D eigenvalue weighted by Crippen LogP contribution is -2.26. The number of nitrogens with one attached hydrogen (secondary N) is 2. The molecule has 6 bridgehead atoms. The molecule has 3 aromatic rings. The van der Waals surface area contributed by atoms with Gasteiger partial charge in [-0.2, -0.15) is 0 Å². The molecule has 0 spiro atoms. The number of carbonyl (C=O) groups excluding carboxylic acids is 1. The number of allylic oxidation sites excluding steroid dienone is 1. The van der Waals surface area contributed by atoms with Gasteiger partial charge in [-0.05, 0) is 97.3 Å². The summed E-state index contributed by atoms with van der Waals surface area (Å²) in [6.45, 7) is 2.24. The van der Waals surface area contributed by atoms with E-state index in [1.165, 1.54) is 0 Å². The summed E-state index contributed by atoms with van der Waals surface area (Å²) >= 11 is 0. The Morgan fingerprint density at radius 3 is 1.94 bits per heavy atom. The highest BCUT2D eigenvalue weighted by molar-refractivity contribution is 6.10. The van der Waals surface area contributed by atoms with Crippen LogP contribution in [0.15, 0.2) is 72.8 Å². The molecule has 1 saturated carbocycles. The van der Waals surface area contributed by atoms with Crippen molar-refractivity contribution in [3.8, 4) is 23.0 Å². The van der Waals surface area contributed by atoms with Crippen LogP contribution in [-0.2, 0) is 4.79 Å². The van der Waals surface area contributed by atoms with Crippen LogP contribution in [0.1, 0.15) is 43.7 Å². The predicted molar refractivity (Wildman–Crippen MR) is 138 cm³/mol. The predicted octanol–water partition coefficient (Wildman–Crippen LogP) is 6.72. The van der Waals surface area contributed by atoms with Crippen molar-refractivity contribution in [1.82, 2.24) is 0 Å². The molecule has 4 heterocycles. The van der Waals surface area contributed by atoms with Gasteiger partial charge in [0.05, 0.1) is 5.71 Å². The zero-order valence-corrected chi connectivity index (χ0v) is 19.7. The lowest BCUT2D eigenvalue weighted by atomic mass is 9.82. The van der Waals surface area contributed by atoms with Crippen LogP contribution in [0, 0.1) is 17.2 Å². The fourth-order valence-electron chi connectivity index (χ4n) is 4.54. The van der Waals surface area contributed by atoms with E-state index in [4.69, 9.17) is 20.6 Å². The van der Waals surface area contributed by atoms with Crippen LogP contribution in [0.2, 0.25) is 0 Å². The fraction of sp³-hybridized carbons (Fsp3) is 0.241. The Balaban J connectivity index is 1.48. The summed E-state index contributed by atoms with van der Waals surface area (Å²) in [5, 5.41) is 11.5. The Labute approximate surface area is 205 Å². The largest absolute Gasteiger partial charge is 0.457 e. The van der Waals surface area contributed by atoms with Crippen LogP contribution in [0.4, 0.5) is 5.69 Å². The van der Waals surface area contributed by atoms with E-state index in [9.17, 15) is 4.79 Å². The van der Waals surface area contributed by atoms with Gasteiger partial charge in [-0.3, -0.25) is 4.79 Å². The van der Waals surface area contributed by atoms with Crippen molar-refractivity contribution < 1.29 is 14.3 Å². The van der Waals surface area contributed by atoms with Crippen LogP contribution in [-0.4, -0.2) is 11.6 Å². The monoisotopic (exact) mass is 467 g/mol. The first-order chi connectivity index (χ1) is 16.9. The van der Waals surface area contributed by atoms with Gasteiger partial charge in [0.2, 0.25) is 5.91 Å². The summed E-state index contributed by atoms with van der Waals surface area (Å²) in [6, 6.07) is 20.0. The Morgan fingerprint density at radius 2 is 1.37 bits per heavy atom. The van der Waals surface area contributed by atoms with Crippen molar-refractivity contribution in [3.05, 3.63) is 83.9 Å². The van der Waals surface area contributed by atoms with Gasteiger partial charge in [-0.1, -0.05) is 6.92 Å². The van der Waals surface area contributed by atoms with E-state index in [1.807, 2.05) is 60.7 Å². The summed E-state index contributed by atoms with van der Waals surface area (Å²) in [5.41, 5.74) is 9.20. The molecule has 0 aromatic heterocycles. The highest BCUT2D eigenvalue weighted by Gasteiger charge is 2.24. The molecule has 0 saturated heterocycles. The highest BCUT2D eigenvalue weighted by atomic mass is 16.5. The molecule has 6 nitrogen and oxygen atoms in total. The molecule has 6 heteroatoms. The maximum atomic E-state index is 13.0. The van der Waals surface area contributed by atoms with Crippen LogP contribution in [0.25, 0.3) is 5.70 Å². The van der Waals surface area contributed by atoms with E-state index in [0.717, 1.165) is 36.8 Å². The first-order valence-corrected chi connectivity index (χ1v) is 12.0. The second-order valence-corrected chi connectivity index (χ2v) is 9.41. The van der Waals surface area contributed by atoms with Crippen molar-refractivity contribution in [2.24, 2.45) is 17.6 Å². The summed E-state index contributed by atoms with van der Waals surface area (Å²) in [6.07, 6.45) is 5.63. The van der Waals surface area contributed by atoms with Gasteiger partial charge >= 0.3 is 0 Å². The maximum Gasteiger partial charge on any atom is 0.227 e. The summed E-state index contributed by atoms with van der Waals surface area (Å²) in [4.78, 5) is 13.0. The number of nitrogens with two attached hydrogens (primary N) is 1. The molecule has 35 heavy (non-hydrogen) atoms. The smallest absolute Gasteiger partial charge is 0.227 e. The Hall–Kier alpha value is -4.06. The van der Waals surface area contributed by atoms with E-state index in [2.05, 4.69) is 12.2 Å². The lowest BCUT2D eigenvalue weighted by molar-refractivity contribution is -0.121. The van der Waals surface area contributed by atoms with Gasteiger partial charge in [-0.25, -0.2) is 0 Å². The first kappa shape index (κ1) is 22.7. The number of ether oxygens (including phenoxy) is 2. The third-order valence-corrected chi connectivity index (χ3v) is 6.66. The average Bonchev–Trinajstić information content (AvgIpc) is 2.84. The van der Waals surface area contributed by atoms with Crippen molar-refractivity contribution in [2.75, 3.05) is 5.32 Å². The van der Waals surface area contributed by atoms with E-state index in [1.54, 1.807) is 12.1 Å². The number of amides is 1. The Kier molecular flexibility index (Phi) is 6.27. The molecule has 3 aromatic carbocycles. The third-order valence-electron chi connectivity index (χ3n) is 6.66. The van der Waals surface area contributed by atoms with E-state index < -0.39 is 0 Å². The molecular formula is C29H29N3O3. The summed E-state index contributed by atoms with van der Waals surface area (Å²) in [5.74, 6) is 3.09. The minimum absolute atomic E-state index is 0.0274. The van der Waals surface area contributed by atoms with Crippen LogP contribution in [0.5, 0.6) is 23.0 Å². The number of carbonyl (C=O) groups is 1. The van der Waals surface area contributed by atoms with Gasteiger partial charge in [0, 0.05) is 35.5 Å². The summed E-state index contributed by atoms with van der Waals surface area (Å²) in [7, 11) is 0. The number of hydrogen-bond donors (Lipinski definition) is 3. The van der Waals surface area contributed by atoms with E-state index >= 15 is 0 Å². The molecule has 4 aliphatic heterocycles. The fourth-order valence-corrected chi connectivity index (χ4v) is 4.54. The van der Waals surface area contributed by atoms with Gasteiger partial charge in [0.25, 0.3) is 0 Å². The van der Waals surface area contributed by atoms with Gasteiger partial charge in [0.15, 0.2) is 0 Å². The maximum absolute atomic E-state index is 13.0. The van der Waals surface area contributed by atoms with Crippen LogP contribution < -0.4 is 20.5 Å². The van der Waals surface area contributed by atoms with Gasteiger partial charge in [-0.15, -0.1) is 0 Å². The van der Waals surface area contributed by atoms with E-state index in [-0.39, 0.29) is 11.8 Å². The van der Waals surface area contributed by atoms with Crippen LogP contribution >= 0.6 is 0 Å². The van der Waals surface area contributed by atoms with Gasteiger partial charge < -0.3 is 25.9 Å². The number of benzene rings is 3. The minimum atomic E-state index is 0.0274. The molecule has 0 radical (unpaired) electrons. The first-order valence-electron chi connectivity index (χ1n) is 12.0. The Bertz CT molecular complexity index is 1270. The molecule has 178 valence electrons. The number of anilines is 1. The van der Waals surface area contributed by atoms with Crippen molar-refractivity contribution in [3.63, 3.8) is 0 Å². The zero-order valence-electron chi connectivity index (χ0n) is 19.7. The van der Waals surface area contributed by atoms with Crippen molar-refractivity contribution in [1.29, 1.82) is 5.41 Å². The van der Waals surface area contributed by atoms with E-state index in [0.29, 0.717) is 46.0 Å². The molecule has 5 aliphatic rings. The molecule has 1 amide bonds. The lowest BCUT2D eigenvalue weighted by Gasteiger charge is -2.25. The standard InChI is InChI=1S/C29H29N3O3/c1-18-2-4-21(5-3-18)29(33)32-22-14-25-16-26(15-22)35-24-12-8-20(9-13-24)28(31)17-27(30)19-6-10-23(34-25)11-7-19/h6-18,21,30H,2-5,31H2,1H3,(H,32,33). The molecule has 0 unspecified atom stereocenters. The topological polar surface area (TPSA) is 97.4 Å². The average molecular weight is 468 g/mol. The molecule has 1 fully saturated rings. The second-order valence-electron chi connectivity index (χ2n) is 9.41. The molecular weight excluding hydrogens is 438 g/mol.